The molecule has 0 aliphatic carbocycles. The lowest BCUT2D eigenvalue weighted by Crippen LogP contribution is -2.56. The fourth-order valence-corrected chi connectivity index (χ4v) is 4.52. The molecule has 9 heteroatoms. The number of halogens is 1. The number of benzene rings is 1. The number of nitrogens with zero attached hydrogens (tertiary/aromatic N) is 1. The van der Waals surface area contributed by atoms with E-state index in [-0.39, 0.29) is 34.7 Å². The fraction of sp³-hybridized carbons (Fsp3) is 0.471. The quantitative estimate of drug-likeness (QED) is 0.805. The summed E-state index contributed by atoms with van der Waals surface area (Å²) in [5.41, 5.74) is 0.293. The highest BCUT2D eigenvalue weighted by atomic mass is 32.2. The van der Waals surface area contributed by atoms with Gasteiger partial charge in [0.2, 0.25) is 10.0 Å². The maximum atomic E-state index is 13.7. The highest BCUT2D eigenvalue weighted by Crippen LogP contribution is 2.27. The summed E-state index contributed by atoms with van der Waals surface area (Å²) >= 11 is 0. The Bertz CT molecular complexity index is 959. The third-order valence-corrected chi connectivity index (χ3v) is 5.80. The average Bonchev–Trinajstić information content (AvgIpc) is 2.93. The zero-order valence-corrected chi connectivity index (χ0v) is 15.0. The Morgan fingerprint density at radius 3 is 2.65 bits per heavy atom. The van der Waals surface area contributed by atoms with Crippen molar-refractivity contribution in [3.63, 3.8) is 0 Å². The number of esters is 1. The van der Waals surface area contributed by atoms with E-state index in [1.165, 1.54) is 12.3 Å². The van der Waals surface area contributed by atoms with Crippen molar-refractivity contribution >= 4 is 26.9 Å². The molecule has 2 saturated heterocycles. The zero-order chi connectivity index (χ0) is 18.5. The van der Waals surface area contributed by atoms with Crippen LogP contribution in [0.2, 0.25) is 0 Å². The summed E-state index contributed by atoms with van der Waals surface area (Å²) < 4.78 is 49.7. The maximum absolute atomic E-state index is 13.7. The molecule has 1 aromatic heterocycles. The van der Waals surface area contributed by atoms with Gasteiger partial charge in [0, 0.05) is 36.5 Å². The van der Waals surface area contributed by atoms with Crippen LogP contribution in [0.4, 0.5) is 4.39 Å². The van der Waals surface area contributed by atoms with E-state index in [9.17, 15) is 17.6 Å². The summed E-state index contributed by atoms with van der Waals surface area (Å²) in [7, 11) is -3.64. The van der Waals surface area contributed by atoms with Crippen molar-refractivity contribution in [3.05, 3.63) is 35.8 Å². The third-order valence-electron chi connectivity index (χ3n) is 4.79. The third kappa shape index (κ3) is 3.22. The number of hydrogen-bond acceptors (Lipinski definition) is 6. The smallest absolute Gasteiger partial charge is 0.340 e. The number of rotatable bonds is 3. The Hall–Kier alpha value is -1.97. The first kappa shape index (κ1) is 17.4. The molecule has 2 bridgehead atoms. The lowest BCUT2D eigenvalue weighted by atomic mass is 9.94. The van der Waals surface area contributed by atoms with Crippen LogP contribution in [0, 0.1) is 5.82 Å². The van der Waals surface area contributed by atoms with Gasteiger partial charge in [-0.3, -0.25) is 0 Å². The molecule has 0 saturated carbocycles. The Labute approximate surface area is 150 Å². The normalized spacial score (nSPS) is 26.0. The molecule has 0 amide bonds. The molecule has 4 rings (SSSR count). The molecule has 2 aliphatic heterocycles. The molecule has 2 aromatic rings. The van der Waals surface area contributed by atoms with Crippen molar-refractivity contribution in [2.45, 2.75) is 31.0 Å². The number of hydrogen-bond donors (Lipinski definition) is 1. The van der Waals surface area contributed by atoms with Gasteiger partial charge < -0.3 is 14.8 Å². The molecule has 0 radical (unpaired) electrons. The van der Waals surface area contributed by atoms with Gasteiger partial charge in [-0.05, 0) is 18.2 Å². The predicted molar refractivity (Wildman–Crippen MR) is 92.1 cm³/mol. The van der Waals surface area contributed by atoms with Crippen LogP contribution in [-0.4, -0.2) is 56.0 Å². The molecular formula is C17H19FN2O5S. The van der Waals surface area contributed by atoms with Crippen LogP contribution < -0.4 is 5.32 Å². The summed E-state index contributed by atoms with van der Waals surface area (Å²) in [6, 6.07) is 3.92. The average molecular weight is 382 g/mol. The van der Waals surface area contributed by atoms with Crippen LogP contribution in [0.15, 0.2) is 24.4 Å². The largest absolute Gasteiger partial charge is 0.459 e. The predicted octanol–water partition coefficient (Wildman–Crippen LogP) is 1.26. The van der Waals surface area contributed by atoms with Crippen molar-refractivity contribution < 1.29 is 27.1 Å². The first-order chi connectivity index (χ1) is 12.3. The molecule has 140 valence electrons. The standard InChI is InChI=1S/C17H19FN2O5S/c1-26(22,23)20-7-15(14-4-10(18)2-3-16(14)20)17(21)25-13-5-11-8-24-9-12(6-13)19-11/h2-4,7,11-13,19H,5-6,8-9H2,1H3. The monoisotopic (exact) mass is 382 g/mol. The second-order valence-corrected chi connectivity index (χ2v) is 8.72. The van der Waals surface area contributed by atoms with Gasteiger partial charge in [-0.2, -0.15) is 0 Å². The molecule has 7 nitrogen and oxygen atoms in total. The number of fused-ring (bicyclic) bond motifs is 3. The van der Waals surface area contributed by atoms with Gasteiger partial charge in [-0.1, -0.05) is 0 Å². The molecule has 0 spiro atoms. The van der Waals surface area contributed by atoms with E-state index in [1.54, 1.807) is 0 Å². The first-order valence-corrected chi connectivity index (χ1v) is 10.2. The molecule has 2 aliphatic rings. The number of morpholine rings is 1. The number of nitrogens with one attached hydrogen (secondary N) is 1. The van der Waals surface area contributed by atoms with Crippen LogP contribution in [0.1, 0.15) is 23.2 Å². The van der Waals surface area contributed by atoms with Crippen LogP contribution in [-0.2, 0) is 19.5 Å². The molecule has 26 heavy (non-hydrogen) atoms. The molecular weight excluding hydrogens is 363 g/mol. The summed E-state index contributed by atoms with van der Waals surface area (Å²) in [6.45, 7) is 1.15. The topological polar surface area (TPSA) is 86.6 Å². The molecule has 2 fully saturated rings. The van der Waals surface area contributed by atoms with Crippen LogP contribution in [0.5, 0.6) is 0 Å². The second-order valence-electron chi connectivity index (χ2n) is 6.86. The molecule has 1 aromatic carbocycles. The SMILES string of the molecule is CS(=O)(=O)n1cc(C(=O)OC2CC3COCC(C2)N3)c2cc(F)ccc21. The lowest BCUT2D eigenvalue weighted by Gasteiger charge is -2.39. The van der Waals surface area contributed by atoms with Gasteiger partial charge in [0.25, 0.3) is 0 Å². The van der Waals surface area contributed by atoms with Crippen LogP contribution in [0.3, 0.4) is 0 Å². The minimum Gasteiger partial charge on any atom is -0.459 e. The van der Waals surface area contributed by atoms with E-state index in [4.69, 9.17) is 9.47 Å². The van der Waals surface area contributed by atoms with Crippen molar-refractivity contribution in [2.24, 2.45) is 0 Å². The maximum Gasteiger partial charge on any atom is 0.340 e. The summed E-state index contributed by atoms with van der Waals surface area (Å²) in [5, 5.41) is 3.63. The molecule has 2 atom stereocenters. The second kappa shape index (κ2) is 6.33. The van der Waals surface area contributed by atoms with E-state index >= 15 is 0 Å². The van der Waals surface area contributed by atoms with E-state index in [0.29, 0.717) is 26.1 Å². The minimum absolute atomic E-state index is 0.0462. The van der Waals surface area contributed by atoms with Crippen molar-refractivity contribution in [3.8, 4) is 0 Å². The molecule has 1 N–H and O–H groups in total. The van der Waals surface area contributed by atoms with Crippen LogP contribution >= 0.6 is 0 Å². The summed E-state index contributed by atoms with van der Waals surface area (Å²) in [4.78, 5) is 12.7. The minimum atomic E-state index is -3.64. The summed E-state index contributed by atoms with van der Waals surface area (Å²) in [6.07, 6.45) is 3.20. The van der Waals surface area contributed by atoms with Gasteiger partial charge in [0.15, 0.2) is 0 Å². The van der Waals surface area contributed by atoms with Gasteiger partial charge in [0.1, 0.15) is 11.9 Å². The van der Waals surface area contributed by atoms with E-state index in [2.05, 4.69) is 5.32 Å². The highest BCUT2D eigenvalue weighted by Gasteiger charge is 2.34. The zero-order valence-electron chi connectivity index (χ0n) is 14.1. The Morgan fingerprint density at radius 2 is 2.00 bits per heavy atom. The molecule has 3 heterocycles. The number of carbonyl (C=O) groups is 1. The van der Waals surface area contributed by atoms with Crippen molar-refractivity contribution in [1.82, 2.24) is 9.29 Å². The highest BCUT2D eigenvalue weighted by molar-refractivity contribution is 7.89. The Balaban J connectivity index is 1.65. The Kier molecular flexibility index (Phi) is 4.25. The first-order valence-electron chi connectivity index (χ1n) is 8.37. The van der Waals surface area contributed by atoms with E-state index in [1.807, 2.05) is 0 Å². The van der Waals surface area contributed by atoms with Crippen LogP contribution in [0.25, 0.3) is 10.9 Å². The van der Waals surface area contributed by atoms with Crippen molar-refractivity contribution in [2.75, 3.05) is 19.5 Å². The fourth-order valence-electron chi connectivity index (χ4n) is 3.71. The number of ether oxygens (including phenoxy) is 2. The van der Waals surface area contributed by atoms with E-state index < -0.39 is 21.8 Å². The lowest BCUT2D eigenvalue weighted by molar-refractivity contribution is -0.0339. The summed E-state index contributed by atoms with van der Waals surface area (Å²) in [5.74, 6) is -1.19. The van der Waals surface area contributed by atoms with Gasteiger partial charge >= 0.3 is 5.97 Å². The van der Waals surface area contributed by atoms with Crippen molar-refractivity contribution in [1.29, 1.82) is 0 Å². The van der Waals surface area contributed by atoms with E-state index in [0.717, 1.165) is 22.4 Å². The van der Waals surface area contributed by atoms with Gasteiger partial charge in [0.05, 0.1) is 30.5 Å². The number of piperidine rings is 1. The Morgan fingerprint density at radius 1 is 1.31 bits per heavy atom. The van der Waals surface area contributed by atoms with Gasteiger partial charge in [-0.25, -0.2) is 21.6 Å². The van der Waals surface area contributed by atoms with Gasteiger partial charge in [-0.15, -0.1) is 0 Å². The number of carbonyl (C=O) groups excluding carboxylic acids is 1. The molecule has 2 unspecified atom stereocenters. The number of aromatic nitrogens is 1.